The van der Waals surface area contributed by atoms with Gasteiger partial charge in [0, 0.05) is 25.3 Å². The van der Waals surface area contributed by atoms with Gasteiger partial charge in [-0.3, -0.25) is 4.90 Å². The summed E-state index contributed by atoms with van der Waals surface area (Å²) in [5, 5.41) is 13.9. The van der Waals surface area contributed by atoms with Crippen molar-refractivity contribution in [1.82, 2.24) is 4.90 Å². The van der Waals surface area contributed by atoms with Crippen LogP contribution in [-0.4, -0.2) is 41.4 Å². The molecule has 3 aromatic carbocycles. The minimum atomic E-state index is -4.57. The average Bonchev–Trinajstić information content (AvgIpc) is 2.86. The van der Waals surface area contributed by atoms with Crippen molar-refractivity contribution in [3.8, 4) is 11.5 Å². The first-order valence-electron chi connectivity index (χ1n) is 11.7. The molecule has 0 spiro atoms. The molecule has 0 atom stereocenters. The maximum absolute atomic E-state index is 13.2. The lowest BCUT2D eigenvalue weighted by molar-refractivity contribution is -0.137. The second kappa shape index (κ2) is 11.7. The van der Waals surface area contributed by atoms with Crippen molar-refractivity contribution in [2.75, 3.05) is 31.6 Å². The van der Waals surface area contributed by atoms with Gasteiger partial charge < -0.3 is 19.9 Å². The largest absolute Gasteiger partial charge is 0.492 e. The highest BCUT2D eigenvalue weighted by Gasteiger charge is 2.38. The van der Waals surface area contributed by atoms with Crippen LogP contribution >= 0.6 is 23.8 Å². The lowest BCUT2D eigenvalue weighted by Gasteiger charge is -2.38. The van der Waals surface area contributed by atoms with Crippen molar-refractivity contribution < 1.29 is 27.8 Å². The van der Waals surface area contributed by atoms with Gasteiger partial charge in [-0.25, -0.2) is 0 Å². The molecule has 37 heavy (non-hydrogen) atoms. The molecule has 5 nitrogen and oxygen atoms in total. The highest BCUT2D eigenvalue weighted by atomic mass is 35.5. The smallest absolute Gasteiger partial charge is 0.417 e. The number of likely N-dealkylation sites (tertiary alicyclic amines) is 1. The lowest BCUT2D eigenvalue weighted by atomic mass is 9.83. The van der Waals surface area contributed by atoms with Gasteiger partial charge in [0.05, 0.1) is 16.2 Å². The number of piperidine rings is 1. The van der Waals surface area contributed by atoms with E-state index in [1.165, 1.54) is 12.1 Å². The van der Waals surface area contributed by atoms with Crippen molar-refractivity contribution in [2.45, 2.75) is 24.6 Å². The van der Waals surface area contributed by atoms with E-state index in [1.807, 2.05) is 30.3 Å². The number of hydrogen-bond acceptors (Lipinski definition) is 5. The van der Waals surface area contributed by atoms with E-state index in [0.29, 0.717) is 50.6 Å². The van der Waals surface area contributed by atoms with Gasteiger partial charge in [-0.1, -0.05) is 35.9 Å². The number of benzene rings is 3. The molecule has 1 aliphatic rings. The Morgan fingerprint density at radius 2 is 1.65 bits per heavy atom. The maximum atomic E-state index is 13.2. The monoisotopic (exact) mass is 550 g/mol. The maximum Gasteiger partial charge on any atom is 0.417 e. The van der Waals surface area contributed by atoms with Crippen molar-refractivity contribution in [3.05, 3.63) is 88.9 Å². The Labute approximate surface area is 223 Å². The van der Waals surface area contributed by atoms with Crippen LogP contribution in [0, 0.1) is 0 Å². The van der Waals surface area contributed by atoms with Crippen molar-refractivity contribution in [2.24, 2.45) is 0 Å². The molecule has 1 aliphatic heterocycles. The zero-order valence-corrected chi connectivity index (χ0v) is 21.4. The Kier molecular flexibility index (Phi) is 8.59. The molecule has 2 N–H and O–H groups in total. The third kappa shape index (κ3) is 7.35. The number of rotatable bonds is 7. The number of para-hydroxylation sites is 1. The average molecular weight is 551 g/mol. The third-order valence-electron chi connectivity index (χ3n) is 6.22. The molecule has 196 valence electrons. The Morgan fingerprint density at radius 3 is 2.30 bits per heavy atom. The molecule has 0 aliphatic carbocycles. The van der Waals surface area contributed by atoms with Gasteiger partial charge in [0.2, 0.25) is 0 Å². The van der Waals surface area contributed by atoms with Crippen LogP contribution in [0.1, 0.15) is 24.0 Å². The van der Waals surface area contributed by atoms with Crippen LogP contribution in [0.4, 0.5) is 18.9 Å². The Balaban J connectivity index is 1.22. The highest BCUT2D eigenvalue weighted by Crippen LogP contribution is 2.39. The summed E-state index contributed by atoms with van der Waals surface area (Å²) in [5.41, 5.74) is -1.18. The normalized spacial score (nSPS) is 15.7. The zero-order chi connectivity index (χ0) is 26.5. The Morgan fingerprint density at radius 1 is 1.00 bits per heavy atom. The molecule has 0 radical (unpaired) electrons. The van der Waals surface area contributed by atoms with Crippen LogP contribution in [0.3, 0.4) is 0 Å². The summed E-state index contributed by atoms with van der Waals surface area (Å²) in [5.74, 6) is 1.25. The fourth-order valence-corrected chi connectivity index (χ4v) is 4.57. The molecular formula is C27H26ClF3N2O3S. The quantitative estimate of drug-likeness (QED) is 0.328. The fraction of sp³-hybridized carbons (Fsp3) is 0.296. The van der Waals surface area contributed by atoms with E-state index >= 15 is 0 Å². The summed E-state index contributed by atoms with van der Waals surface area (Å²) in [6, 6.07) is 20.2. The molecule has 0 amide bonds. The number of ether oxygens (including phenoxy) is 2. The van der Waals surface area contributed by atoms with Crippen molar-refractivity contribution >= 4 is 34.7 Å². The molecule has 0 bridgehead atoms. The first-order valence-corrected chi connectivity index (χ1v) is 12.5. The number of anilines is 1. The number of halogens is 4. The fourth-order valence-electron chi connectivity index (χ4n) is 4.14. The zero-order valence-electron chi connectivity index (χ0n) is 19.8. The highest BCUT2D eigenvalue weighted by molar-refractivity contribution is 7.80. The van der Waals surface area contributed by atoms with E-state index in [4.69, 9.17) is 33.3 Å². The van der Waals surface area contributed by atoms with E-state index in [1.54, 1.807) is 24.3 Å². The molecule has 0 unspecified atom stereocenters. The summed E-state index contributed by atoms with van der Waals surface area (Å²) >= 11 is 10.9. The predicted octanol–water partition coefficient (Wildman–Crippen LogP) is 6.50. The van der Waals surface area contributed by atoms with Crippen LogP contribution in [0.2, 0.25) is 5.02 Å². The van der Waals surface area contributed by atoms with Gasteiger partial charge in [-0.2, -0.15) is 13.2 Å². The molecule has 10 heteroatoms. The molecule has 3 aromatic rings. The van der Waals surface area contributed by atoms with Crippen molar-refractivity contribution in [3.63, 3.8) is 0 Å². The van der Waals surface area contributed by atoms with Crippen molar-refractivity contribution in [1.29, 1.82) is 0 Å². The molecule has 0 aromatic heterocycles. The van der Waals surface area contributed by atoms with E-state index in [0.717, 1.165) is 11.8 Å². The minimum Gasteiger partial charge on any atom is -0.492 e. The topological polar surface area (TPSA) is 54.0 Å². The summed E-state index contributed by atoms with van der Waals surface area (Å²) in [4.78, 5) is 2.11. The minimum absolute atomic E-state index is 0.234. The summed E-state index contributed by atoms with van der Waals surface area (Å²) in [7, 11) is 0. The number of nitrogens with one attached hydrogen (secondary N) is 1. The van der Waals surface area contributed by atoms with Gasteiger partial charge in [-0.05, 0) is 79.2 Å². The van der Waals surface area contributed by atoms with Gasteiger partial charge >= 0.3 is 6.18 Å². The van der Waals surface area contributed by atoms with Crippen LogP contribution in [0.15, 0.2) is 72.8 Å². The Bertz CT molecular complexity index is 1200. The van der Waals surface area contributed by atoms with Crippen LogP contribution in [0.25, 0.3) is 0 Å². The number of thiocarbonyl (C=S) groups is 1. The number of alkyl halides is 3. The number of aliphatic hydroxyl groups is 1. The second-order valence-electron chi connectivity index (χ2n) is 8.77. The molecule has 4 rings (SSSR count). The first-order chi connectivity index (χ1) is 17.6. The van der Waals surface area contributed by atoms with Gasteiger partial charge in [-0.15, -0.1) is 0 Å². The van der Waals surface area contributed by atoms with Crippen LogP contribution in [-0.2, 0) is 11.8 Å². The van der Waals surface area contributed by atoms with E-state index in [-0.39, 0.29) is 15.8 Å². The SMILES string of the molecule is OC1(c2ccc(Cl)c(C(F)(F)F)c2)CCN(CCOc2ccc(OC(=S)Nc3ccccc3)cc2)CC1. The molecule has 0 saturated carbocycles. The summed E-state index contributed by atoms with van der Waals surface area (Å²) in [6.07, 6.45) is -3.94. The van der Waals surface area contributed by atoms with Crippen LogP contribution in [0.5, 0.6) is 11.5 Å². The predicted molar refractivity (Wildman–Crippen MR) is 141 cm³/mol. The second-order valence-corrected chi connectivity index (χ2v) is 9.54. The third-order valence-corrected chi connectivity index (χ3v) is 6.74. The van der Waals surface area contributed by atoms with Crippen LogP contribution < -0.4 is 14.8 Å². The van der Waals surface area contributed by atoms with E-state index in [2.05, 4.69) is 10.2 Å². The first kappa shape index (κ1) is 27.2. The summed E-state index contributed by atoms with van der Waals surface area (Å²) in [6.45, 7) is 2.10. The van der Waals surface area contributed by atoms with E-state index in [9.17, 15) is 18.3 Å². The molecular weight excluding hydrogens is 525 g/mol. The summed E-state index contributed by atoms with van der Waals surface area (Å²) < 4.78 is 51.1. The molecule has 1 fully saturated rings. The van der Waals surface area contributed by atoms with Gasteiger partial charge in [0.15, 0.2) is 0 Å². The van der Waals surface area contributed by atoms with Gasteiger partial charge in [0.1, 0.15) is 18.1 Å². The number of nitrogens with zero attached hydrogens (tertiary/aromatic N) is 1. The standard InChI is InChI=1S/C27H26ClF3N2O3S/c28-24-11-6-19(18-23(24)27(29,30)31)26(34)12-14-33(15-13-26)16-17-35-21-7-9-22(10-8-21)36-25(37)32-20-4-2-1-3-5-20/h1-11,18,34H,12-17H2,(H,32,37). The van der Waals surface area contributed by atoms with Gasteiger partial charge in [0.25, 0.3) is 5.17 Å². The lowest BCUT2D eigenvalue weighted by Crippen LogP contribution is -2.44. The Hall–Kier alpha value is -2.85. The molecule has 1 heterocycles. The molecule has 1 saturated heterocycles. The van der Waals surface area contributed by atoms with E-state index < -0.39 is 17.3 Å². The number of hydrogen-bond donors (Lipinski definition) is 2.